The molecule has 1 aliphatic heterocycles. The Morgan fingerprint density at radius 3 is 2.59 bits per heavy atom. The number of nitrogens with zero attached hydrogens (tertiary/aromatic N) is 4. The molecule has 1 fully saturated rings. The summed E-state index contributed by atoms with van der Waals surface area (Å²) in [5.41, 5.74) is 8.58. The maximum absolute atomic E-state index is 6.14. The minimum Gasteiger partial charge on any atom is -0.497 e. The Bertz CT molecular complexity index is 969. The molecule has 0 spiro atoms. The average Bonchev–Trinajstić information content (AvgIpc) is 3.34. The first-order chi connectivity index (χ1) is 13.2. The molecule has 3 heterocycles. The third-order valence-corrected chi connectivity index (χ3v) is 4.73. The lowest BCUT2D eigenvalue weighted by Gasteiger charge is -2.09. The van der Waals surface area contributed by atoms with E-state index in [0.29, 0.717) is 5.82 Å². The molecule has 27 heavy (non-hydrogen) atoms. The van der Waals surface area contributed by atoms with Crippen LogP contribution in [0.25, 0.3) is 23.2 Å². The van der Waals surface area contributed by atoms with Crippen molar-refractivity contribution in [2.75, 3.05) is 33.0 Å². The Hall–Kier alpha value is -3.13. The van der Waals surface area contributed by atoms with E-state index in [-0.39, 0.29) is 6.04 Å². The van der Waals surface area contributed by atoms with Gasteiger partial charge in [-0.15, -0.1) is 0 Å². The molecule has 1 atom stereocenters. The average molecular weight is 366 g/mol. The number of anilines is 1. The van der Waals surface area contributed by atoms with Crippen LogP contribution in [0.15, 0.2) is 24.5 Å². The van der Waals surface area contributed by atoms with Gasteiger partial charge in [0.1, 0.15) is 23.6 Å². The molecule has 1 aromatic carbocycles. The van der Waals surface area contributed by atoms with Crippen molar-refractivity contribution in [3.8, 4) is 11.5 Å². The van der Waals surface area contributed by atoms with Crippen molar-refractivity contribution in [1.29, 1.82) is 0 Å². The minimum absolute atomic E-state index is 0.265. The zero-order valence-electron chi connectivity index (χ0n) is 15.3. The molecule has 8 heteroatoms. The summed E-state index contributed by atoms with van der Waals surface area (Å²) in [7, 11) is 3.26. The highest BCUT2D eigenvalue weighted by Gasteiger charge is 2.22. The fourth-order valence-corrected chi connectivity index (χ4v) is 3.34. The number of aromatic nitrogens is 4. The van der Waals surface area contributed by atoms with Crippen LogP contribution in [0.4, 0.5) is 5.82 Å². The van der Waals surface area contributed by atoms with Crippen molar-refractivity contribution >= 4 is 29.0 Å². The summed E-state index contributed by atoms with van der Waals surface area (Å²) >= 11 is 0. The summed E-state index contributed by atoms with van der Waals surface area (Å²) in [6.07, 6.45) is 6.38. The van der Waals surface area contributed by atoms with Crippen molar-refractivity contribution in [3.63, 3.8) is 0 Å². The molecular formula is C19H22N6O2. The molecule has 4 rings (SSSR count). The molecule has 0 unspecified atom stereocenters. The van der Waals surface area contributed by atoms with Crippen molar-refractivity contribution in [1.82, 2.24) is 25.1 Å². The van der Waals surface area contributed by atoms with Gasteiger partial charge in [0.05, 0.1) is 31.3 Å². The van der Waals surface area contributed by atoms with Crippen molar-refractivity contribution < 1.29 is 9.47 Å². The second-order valence-electron chi connectivity index (χ2n) is 6.41. The summed E-state index contributed by atoms with van der Waals surface area (Å²) in [4.78, 5) is 8.57. The largest absolute Gasteiger partial charge is 0.497 e. The van der Waals surface area contributed by atoms with Gasteiger partial charge in [0.25, 0.3) is 0 Å². The number of benzene rings is 1. The molecule has 2 aromatic heterocycles. The van der Waals surface area contributed by atoms with Crippen LogP contribution in [0.2, 0.25) is 0 Å². The Kier molecular flexibility index (Phi) is 4.64. The van der Waals surface area contributed by atoms with Crippen LogP contribution in [0.5, 0.6) is 11.5 Å². The molecule has 1 aliphatic rings. The lowest BCUT2D eigenvalue weighted by atomic mass is 10.1. The van der Waals surface area contributed by atoms with Gasteiger partial charge >= 0.3 is 0 Å². The topological polar surface area (TPSA) is 100 Å². The maximum atomic E-state index is 6.14. The number of hydrogen-bond acceptors (Lipinski definition) is 7. The number of nitrogens with two attached hydrogens (primary N) is 1. The minimum atomic E-state index is 0.265. The second-order valence-corrected chi connectivity index (χ2v) is 6.41. The molecule has 3 N–H and O–H groups in total. The summed E-state index contributed by atoms with van der Waals surface area (Å²) in [6, 6.07) is 5.96. The van der Waals surface area contributed by atoms with Crippen LogP contribution in [0.1, 0.15) is 23.7 Å². The predicted molar refractivity (Wildman–Crippen MR) is 105 cm³/mol. The fraction of sp³-hybridized carbons (Fsp3) is 0.316. The standard InChI is InChI=1S/C19H22N6O2/c1-26-14-7-12(8-15(9-14)27-2)3-4-16-17-18(20)22-11-23-19(17)25(24-16)13-5-6-21-10-13/h3-4,7-9,11,13,21H,5-6,10H2,1-2H3,(H2,20,22,23)/b4-3+/t13-/m0/s1. The van der Waals surface area contributed by atoms with E-state index in [1.54, 1.807) is 14.2 Å². The van der Waals surface area contributed by atoms with Crippen LogP contribution < -0.4 is 20.5 Å². The smallest absolute Gasteiger partial charge is 0.164 e. The van der Waals surface area contributed by atoms with Crippen LogP contribution >= 0.6 is 0 Å². The van der Waals surface area contributed by atoms with E-state index in [2.05, 4.69) is 15.3 Å². The zero-order chi connectivity index (χ0) is 18.8. The number of nitrogen functional groups attached to an aromatic ring is 1. The molecule has 8 nitrogen and oxygen atoms in total. The van der Waals surface area contributed by atoms with E-state index in [4.69, 9.17) is 20.3 Å². The number of rotatable bonds is 5. The first-order valence-electron chi connectivity index (χ1n) is 8.80. The Labute approximate surface area is 157 Å². The quantitative estimate of drug-likeness (QED) is 0.713. The molecule has 0 radical (unpaired) electrons. The van der Waals surface area contributed by atoms with E-state index in [0.717, 1.165) is 53.3 Å². The number of hydrogen-bond donors (Lipinski definition) is 2. The summed E-state index contributed by atoms with van der Waals surface area (Å²) in [6.45, 7) is 1.85. The van der Waals surface area contributed by atoms with Gasteiger partial charge in [0.2, 0.25) is 0 Å². The number of fused-ring (bicyclic) bond motifs is 1. The summed E-state index contributed by atoms with van der Waals surface area (Å²) in [5, 5.41) is 8.91. The number of ether oxygens (including phenoxy) is 2. The van der Waals surface area contributed by atoms with E-state index in [1.807, 2.05) is 35.0 Å². The van der Waals surface area contributed by atoms with Gasteiger partial charge in [-0.3, -0.25) is 0 Å². The second kappa shape index (κ2) is 7.24. The van der Waals surface area contributed by atoms with E-state index < -0.39 is 0 Å². The van der Waals surface area contributed by atoms with E-state index in [9.17, 15) is 0 Å². The molecule has 140 valence electrons. The Balaban J connectivity index is 1.77. The van der Waals surface area contributed by atoms with Gasteiger partial charge in [-0.05, 0) is 36.7 Å². The van der Waals surface area contributed by atoms with Gasteiger partial charge < -0.3 is 20.5 Å². The van der Waals surface area contributed by atoms with Gasteiger partial charge in [-0.2, -0.15) is 5.10 Å². The third-order valence-electron chi connectivity index (χ3n) is 4.73. The molecule has 0 bridgehead atoms. The SMILES string of the molecule is COc1cc(/C=C/c2nn([C@H]3CCNC3)c3ncnc(N)c23)cc(OC)c1. The lowest BCUT2D eigenvalue weighted by molar-refractivity contribution is 0.394. The maximum Gasteiger partial charge on any atom is 0.164 e. The normalized spacial score (nSPS) is 17.0. The van der Waals surface area contributed by atoms with Crippen LogP contribution in [-0.4, -0.2) is 47.1 Å². The predicted octanol–water partition coefficient (Wildman–Crippen LogP) is 2.13. The highest BCUT2D eigenvalue weighted by atomic mass is 16.5. The van der Waals surface area contributed by atoms with E-state index >= 15 is 0 Å². The zero-order valence-corrected chi connectivity index (χ0v) is 15.3. The third kappa shape index (κ3) is 3.31. The number of nitrogens with one attached hydrogen (secondary N) is 1. The van der Waals surface area contributed by atoms with Crippen LogP contribution in [0.3, 0.4) is 0 Å². The molecule has 1 saturated heterocycles. The molecule has 3 aromatic rings. The first-order valence-corrected chi connectivity index (χ1v) is 8.80. The van der Waals surface area contributed by atoms with Crippen molar-refractivity contribution in [3.05, 3.63) is 35.8 Å². The Morgan fingerprint density at radius 1 is 1.15 bits per heavy atom. The molecular weight excluding hydrogens is 344 g/mol. The van der Waals surface area contributed by atoms with Gasteiger partial charge in [0.15, 0.2) is 5.65 Å². The van der Waals surface area contributed by atoms with Gasteiger partial charge in [0, 0.05) is 12.6 Å². The molecule has 0 saturated carbocycles. The van der Waals surface area contributed by atoms with Crippen LogP contribution in [0, 0.1) is 0 Å². The summed E-state index contributed by atoms with van der Waals surface area (Å²) < 4.78 is 12.6. The van der Waals surface area contributed by atoms with Crippen molar-refractivity contribution in [2.24, 2.45) is 0 Å². The van der Waals surface area contributed by atoms with Crippen LogP contribution in [-0.2, 0) is 0 Å². The van der Waals surface area contributed by atoms with Crippen molar-refractivity contribution in [2.45, 2.75) is 12.5 Å². The first kappa shape index (κ1) is 17.3. The highest BCUT2D eigenvalue weighted by molar-refractivity contribution is 5.94. The van der Waals surface area contributed by atoms with Gasteiger partial charge in [-0.1, -0.05) is 6.08 Å². The Morgan fingerprint density at radius 2 is 1.93 bits per heavy atom. The fourth-order valence-electron chi connectivity index (χ4n) is 3.34. The van der Waals surface area contributed by atoms with E-state index in [1.165, 1.54) is 6.33 Å². The molecule has 0 aliphatic carbocycles. The lowest BCUT2D eigenvalue weighted by Crippen LogP contribution is -2.15. The number of methoxy groups -OCH3 is 2. The molecule has 0 amide bonds. The highest BCUT2D eigenvalue weighted by Crippen LogP contribution is 2.28. The van der Waals surface area contributed by atoms with Gasteiger partial charge in [-0.25, -0.2) is 14.6 Å². The summed E-state index contributed by atoms with van der Waals surface area (Å²) in [5.74, 6) is 1.88. The monoisotopic (exact) mass is 366 g/mol.